The summed E-state index contributed by atoms with van der Waals surface area (Å²) in [5.41, 5.74) is 1.02. The van der Waals surface area contributed by atoms with Crippen LogP contribution in [0.1, 0.15) is 24.4 Å². The first-order chi connectivity index (χ1) is 16.4. The molecule has 1 atom stereocenters. The summed E-state index contributed by atoms with van der Waals surface area (Å²) >= 11 is 0. The van der Waals surface area contributed by atoms with E-state index in [1.165, 1.54) is 16.4 Å². The number of para-hydroxylation sites is 1. The molecule has 0 saturated carbocycles. The second-order valence-electron chi connectivity index (χ2n) is 8.33. The molecule has 2 heterocycles. The van der Waals surface area contributed by atoms with E-state index in [-0.39, 0.29) is 35.4 Å². The summed E-state index contributed by atoms with van der Waals surface area (Å²) in [6, 6.07) is 11.8. The normalized spacial score (nSPS) is 18.5. The average Bonchev–Trinajstić information content (AvgIpc) is 3.39. The molecule has 0 aliphatic carbocycles. The maximum absolute atomic E-state index is 13.0. The third-order valence-electron chi connectivity index (χ3n) is 6.34. The molecule has 4 rings (SSSR count). The highest BCUT2D eigenvalue weighted by Gasteiger charge is 2.30. The van der Waals surface area contributed by atoms with Crippen LogP contribution in [0.3, 0.4) is 0 Å². The van der Waals surface area contributed by atoms with Crippen molar-refractivity contribution < 1.29 is 22.8 Å². The summed E-state index contributed by atoms with van der Waals surface area (Å²) in [7, 11) is -2.20. The first kappa shape index (κ1) is 24.4. The molecule has 34 heavy (non-hydrogen) atoms. The molecular formula is C23H30N4O6S. The lowest BCUT2D eigenvalue weighted by Crippen LogP contribution is -2.40. The molecule has 0 radical (unpaired) electrons. The molecule has 10 nitrogen and oxygen atoms in total. The first-order valence-corrected chi connectivity index (χ1v) is 12.8. The molecule has 2 aromatic rings. The number of hydrogen-bond donors (Lipinski definition) is 1. The van der Waals surface area contributed by atoms with E-state index in [0.717, 1.165) is 43.3 Å². The molecule has 1 unspecified atom stereocenters. The number of benzene rings is 2. The summed E-state index contributed by atoms with van der Waals surface area (Å²) in [6.07, 6.45) is 2.19. The number of ether oxygens (including phenoxy) is 2. The average molecular weight is 491 g/mol. The molecule has 184 valence electrons. The Labute approximate surface area is 199 Å². The lowest BCUT2D eigenvalue weighted by Gasteiger charge is -2.29. The Kier molecular flexibility index (Phi) is 7.67. The summed E-state index contributed by atoms with van der Waals surface area (Å²) in [4.78, 5) is 13.6. The van der Waals surface area contributed by atoms with Gasteiger partial charge in [0.15, 0.2) is 0 Å². The monoisotopic (exact) mass is 490 g/mol. The Morgan fingerprint density at radius 3 is 2.50 bits per heavy atom. The SMILES string of the molecule is COc1ccccc1C(CNc1ccc(S(=O)(=O)N2CCOCC2)cc1[N+](=O)[O-])N1CCCC1. The summed E-state index contributed by atoms with van der Waals surface area (Å²) in [5.74, 6) is 0.766. The minimum Gasteiger partial charge on any atom is -0.496 e. The minimum absolute atomic E-state index is 0.0463. The van der Waals surface area contributed by atoms with Gasteiger partial charge in [-0.1, -0.05) is 18.2 Å². The molecule has 2 aromatic carbocycles. The van der Waals surface area contributed by atoms with Gasteiger partial charge in [-0.3, -0.25) is 15.0 Å². The molecule has 0 aromatic heterocycles. The van der Waals surface area contributed by atoms with Crippen LogP contribution in [0.2, 0.25) is 0 Å². The Morgan fingerprint density at radius 1 is 1.12 bits per heavy atom. The maximum Gasteiger partial charge on any atom is 0.293 e. The van der Waals surface area contributed by atoms with Crippen molar-refractivity contribution in [2.75, 3.05) is 58.4 Å². The highest BCUT2D eigenvalue weighted by atomic mass is 32.2. The van der Waals surface area contributed by atoms with Crippen LogP contribution in [0, 0.1) is 10.1 Å². The first-order valence-electron chi connectivity index (χ1n) is 11.4. The number of hydrogen-bond acceptors (Lipinski definition) is 8. The van der Waals surface area contributed by atoms with Gasteiger partial charge < -0.3 is 14.8 Å². The van der Waals surface area contributed by atoms with Crippen LogP contribution in [0.5, 0.6) is 5.75 Å². The third kappa shape index (κ3) is 5.17. The number of nitrogens with zero attached hydrogens (tertiary/aromatic N) is 3. The fourth-order valence-electron chi connectivity index (χ4n) is 4.55. The van der Waals surface area contributed by atoms with Gasteiger partial charge in [0.05, 0.1) is 36.2 Å². The van der Waals surface area contributed by atoms with Crippen molar-refractivity contribution in [3.63, 3.8) is 0 Å². The summed E-state index contributed by atoms with van der Waals surface area (Å²) in [6.45, 7) is 3.35. The van der Waals surface area contributed by atoms with Gasteiger partial charge in [0.2, 0.25) is 10.0 Å². The third-order valence-corrected chi connectivity index (χ3v) is 8.23. The lowest BCUT2D eigenvalue weighted by atomic mass is 10.0. The molecule has 2 fully saturated rings. The van der Waals surface area contributed by atoms with Crippen molar-refractivity contribution in [1.82, 2.24) is 9.21 Å². The standard InChI is InChI=1S/C23H30N4O6S/c1-32-23-7-3-2-6-19(23)22(25-10-4-5-11-25)17-24-20-9-8-18(16-21(20)27(28)29)34(30,31)26-12-14-33-15-13-26/h2-3,6-9,16,22,24H,4-5,10-15,17H2,1H3. The van der Waals surface area contributed by atoms with Crippen molar-refractivity contribution in [1.29, 1.82) is 0 Å². The molecule has 2 saturated heterocycles. The number of rotatable bonds is 9. The number of nitro benzene ring substituents is 1. The van der Waals surface area contributed by atoms with Crippen molar-refractivity contribution in [2.45, 2.75) is 23.8 Å². The number of sulfonamides is 1. The number of methoxy groups -OCH3 is 1. The van der Waals surface area contributed by atoms with Crippen molar-refractivity contribution in [2.24, 2.45) is 0 Å². The van der Waals surface area contributed by atoms with Crippen LogP contribution in [0.4, 0.5) is 11.4 Å². The fourth-order valence-corrected chi connectivity index (χ4v) is 5.97. The highest BCUT2D eigenvalue weighted by molar-refractivity contribution is 7.89. The van der Waals surface area contributed by atoms with Gasteiger partial charge in [-0.2, -0.15) is 4.31 Å². The molecule has 2 aliphatic rings. The Bertz CT molecular complexity index is 1110. The van der Waals surface area contributed by atoms with Gasteiger partial charge in [-0.25, -0.2) is 8.42 Å². The largest absolute Gasteiger partial charge is 0.496 e. The molecule has 11 heteroatoms. The molecule has 1 N–H and O–H groups in total. The molecule has 0 spiro atoms. The van der Waals surface area contributed by atoms with E-state index in [4.69, 9.17) is 9.47 Å². The number of anilines is 1. The van der Waals surface area contributed by atoms with E-state index in [9.17, 15) is 18.5 Å². The van der Waals surface area contributed by atoms with Crippen LogP contribution in [-0.4, -0.2) is 75.6 Å². The highest BCUT2D eigenvalue weighted by Crippen LogP contribution is 2.34. The molecule has 0 amide bonds. The quantitative estimate of drug-likeness (QED) is 0.422. The topological polar surface area (TPSA) is 114 Å². The van der Waals surface area contributed by atoms with Gasteiger partial charge in [0, 0.05) is 31.3 Å². The molecule has 2 aliphatic heterocycles. The summed E-state index contributed by atoms with van der Waals surface area (Å²) in [5, 5.41) is 15.1. The molecule has 0 bridgehead atoms. The predicted molar refractivity (Wildman–Crippen MR) is 128 cm³/mol. The number of likely N-dealkylation sites (tertiary alicyclic amines) is 1. The smallest absolute Gasteiger partial charge is 0.293 e. The van der Waals surface area contributed by atoms with Crippen LogP contribution in [0.25, 0.3) is 0 Å². The fraction of sp³-hybridized carbons (Fsp3) is 0.478. The van der Waals surface area contributed by atoms with Crippen molar-refractivity contribution in [3.05, 3.63) is 58.1 Å². The maximum atomic E-state index is 13.0. The van der Waals surface area contributed by atoms with Gasteiger partial charge in [0.1, 0.15) is 11.4 Å². The second-order valence-corrected chi connectivity index (χ2v) is 10.3. The van der Waals surface area contributed by atoms with E-state index < -0.39 is 14.9 Å². The zero-order valence-electron chi connectivity index (χ0n) is 19.2. The van der Waals surface area contributed by atoms with Gasteiger partial charge in [-0.05, 0) is 44.1 Å². The number of morpholine rings is 1. The Hall–Kier alpha value is -2.73. The summed E-state index contributed by atoms with van der Waals surface area (Å²) < 4.78 is 38.0. The second kappa shape index (κ2) is 10.7. The van der Waals surface area contributed by atoms with E-state index in [1.807, 2.05) is 24.3 Å². The number of nitrogens with one attached hydrogen (secondary N) is 1. The van der Waals surface area contributed by atoms with E-state index in [2.05, 4.69) is 10.2 Å². The van der Waals surface area contributed by atoms with Crippen molar-refractivity contribution >= 4 is 21.4 Å². The van der Waals surface area contributed by atoms with E-state index in [1.54, 1.807) is 7.11 Å². The lowest BCUT2D eigenvalue weighted by molar-refractivity contribution is -0.384. The van der Waals surface area contributed by atoms with E-state index in [0.29, 0.717) is 19.8 Å². The van der Waals surface area contributed by atoms with Crippen LogP contribution < -0.4 is 10.1 Å². The van der Waals surface area contributed by atoms with Crippen LogP contribution in [0.15, 0.2) is 47.4 Å². The zero-order chi connectivity index (χ0) is 24.1. The zero-order valence-corrected chi connectivity index (χ0v) is 20.0. The van der Waals surface area contributed by atoms with Crippen LogP contribution >= 0.6 is 0 Å². The Morgan fingerprint density at radius 2 is 1.82 bits per heavy atom. The Balaban J connectivity index is 1.60. The van der Waals surface area contributed by atoms with E-state index >= 15 is 0 Å². The van der Waals surface area contributed by atoms with Crippen molar-refractivity contribution in [3.8, 4) is 5.75 Å². The minimum atomic E-state index is -3.83. The van der Waals surface area contributed by atoms with Crippen LogP contribution in [-0.2, 0) is 14.8 Å². The van der Waals surface area contributed by atoms with Gasteiger partial charge in [0.25, 0.3) is 5.69 Å². The number of nitro groups is 1. The van der Waals surface area contributed by atoms with Gasteiger partial charge >= 0.3 is 0 Å². The van der Waals surface area contributed by atoms with Gasteiger partial charge in [-0.15, -0.1) is 0 Å². The molecular weight excluding hydrogens is 460 g/mol. The predicted octanol–water partition coefficient (Wildman–Crippen LogP) is 2.87.